The summed E-state index contributed by atoms with van der Waals surface area (Å²) in [5, 5.41) is 13.0. The minimum absolute atomic E-state index is 0.0763. The number of rotatable bonds is 4. The zero-order valence-electron chi connectivity index (χ0n) is 11.1. The molecule has 0 saturated carbocycles. The van der Waals surface area contributed by atoms with Crippen molar-refractivity contribution in [2.24, 2.45) is 0 Å². The minimum atomic E-state index is -0.562. The van der Waals surface area contributed by atoms with Crippen LogP contribution in [0.4, 0.5) is 0 Å². The molecule has 0 spiro atoms. The maximum atomic E-state index is 12.0. The van der Waals surface area contributed by atoms with Crippen molar-refractivity contribution >= 4 is 23.6 Å². The number of nitrogens with one attached hydrogen (secondary N) is 1. The predicted octanol–water partition coefficient (Wildman–Crippen LogP) is 2.01. The normalized spacial score (nSPS) is 18.1. The molecule has 1 heterocycles. The maximum Gasteiger partial charge on any atom is 0.244 e. The number of aliphatic hydroxyl groups is 1. The third-order valence-electron chi connectivity index (χ3n) is 3.42. The molecule has 1 amide bonds. The number of hydrogen-bond donors (Lipinski definition) is 2. The summed E-state index contributed by atoms with van der Waals surface area (Å²) < 4.78 is 5.26. The second-order valence-corrected chi connectivity index (χ2v) is 5.36. The molecule has 1 aliphatic rings. The van der Waals surface area contributed by atoms with E-state index < -0.39 is 5.54 Å². The van der Waals surface area contributed by atoms with Crippen LogP contribution in [0.25, 0.3) is 6.08 Å². The molecule has 5 heteroatoms. The number of carbonyl (C=O) groups excluding carboxylic acids is 1. The Morgan fingerprint density at radius 1 is 1.45 bits per heavy atom. The van der Waals surface area contributed by atoms with Gasteiger partial charge in [0.05, 0.1) is 12.1 Å². The number of carbonyl (C=O) groups is 1. The zero-order valence-corrected chi connectivity index (χ0v) is 11.9. The van der Waals surface area contributed by atoms with Crippen LogP contribution < -0.4 is 5.32 Å². The summed E-state index contributed by atoms with van der Waals surface area (Å²) >= 11 is 5.88. The van der Waals surface area contributed by atoms with Gasteiger partial charge >= 0.3 is 0 Å². The van der Waals surface area contributed by atoms with Crippen LogP contribution in [-0.2, 0) is 9.53 Å². The Bertz CT molecular complexity index is 496. The lowest BCUT2D eigenvalue weighted by molar-refractivity contribution is -0.120. The van der Waals surface area contributed by atoms with E-state index in [2.05, 4.69) is 5.32 Å². The van der Waals surface area contributed by atoms with E-state index in [4.69, 9.17) is 16.3 Å². The highest BCUT2D eigenvalue weighted by atomic mass is 35.5. The molecule has 0 aliphatic carbocycles. The fourth-order valence-corrected chi connectivity index (χ4v) is 2.37. The molecule has 2 N–H and O–H groups in total. The van der Waals surface area contributed by atoms with Gasteiger partial charge in [-0.2, -0.15) is 0 Å². The van der Waals surface area contributed by atoms with Crippen molar-refractivity contribution in [3.63, 3.8) is 0 Å². The first-order valence-electron chi connectivity index (χ1n) is 6.58. The van der Waals surface area contributed by atoms with Gasteiger partial charge in [-0.3, -0.25) is 4.79 Å². The molecule has 108 valence electrons. The maximum absolute atomic E-state index is 12.0. The largest absolute Gasteiger partial charge is 0.394 e. The van der Waals surface area contributed by atoms with Crippen LogP contribution in [0, 0.1) is 0 Å². The fraction of sp³-hybridized carbons (Fsp3) is 0.400. The Morgan fingerprint density at radius 3 is 2.85 bits per heavy atom. The Labute approximate surface area is 123 Å². The highest BCUT2D eigenvalue weighted by Crippen LogP contribution is 2.20. The highest BCUT2D eigenvalue weighted by Gasteiger charge is 2.32. The van der Waals surface area contributed by atoms with Crippen LogP contribution >= 0.6 is 11.6 Å². The van der Waals surface area contributed by atoms with Crippen LogP contribution in [0.2, 0.25) is 5.02 Å². The number of ether oxygens (including phenoxy) is 1. The quantitative estimate of drug-likeness (QED) is 0.836. The Kier molecular flexibility index (Phi) is 5.17. The summed E-state index contributed by atoms with van der Waals surface area (Å²) in [4.78, 5) is 12.0. The molecule has 20 heavy (non-hydrogen) atoms. The molecule has 0 radical (unpaired) electrons. The average molecular weight is 296 g/mol. The number of halogens is 1. The molecule has 0 unspecified atom stereocenters. The molecule has 0 bridgehead atoms. The minimum Gasteiger partial charge on any atom is -0.394 e. The van der Waals surface area contributed by atoms with Crippen LogP contribution in [0.3, 0.4) is 0 Å². The molecule has 1 aromatic carbocycles. The lowest BCUT2D eigenvalue weighted by Gasteiger charge is -2.35. The van der Waals surface area contributed by atoms with Gasteiger partial charge in [-0.05, 0) is 36.6 Å². The van der Waals surface area contributed by atoms with E-state index in [-0.39, 0.29) is 12.5 Å². The van der Waals surface area contributed by atoms with E-state index in [9.17, 15) is 9.90 Å². The summed E-state index contributed by atoms with van der Waals surface area (Å²) in [5.74, 6) is -0.221. The molecule has 4 nitrogen and oxygen atoms in total. The first kappa shape index (κ1) is 15.0. The fourth-order valence-electron chi connectivity index (χ4n) is 2.17. The van der Waals surface area contributed by atoms with Gasteiger partial charge in [-0.25, -0.2) is 0 Å². The van der Waals surface area contributed by atoms with Crippen molar-refractivity contribution < 1.29 is 14.6 Å². The van der Waals surface area contributed by atoms with Crippen LogP contribution in [0.1, 0.15) is 18.4 Å². The van der Waals surface area contributed by atoms with E-state index in [1.807, 2.05) is 12.1 Å². The summed E-state index contributed by atoms with van der Waals surface area (Å²) in [6.45, 7) is 1.03. The molecule has 1 aliphatic heterocycles. The van der Waals surface area contributed by atoms with Crippen LogP contribution in [0.15, 0.2) is 30.3 Å². The molecule has 0 atom stereocenters. The second kappa shape index (κ2) is 6.88. The zero-order chi connectivity index (χ0) is 14.4. The third-order valence-corrected chi connectivity index (χ3v) is 3.65. The molecular weight excluding hydrogens is 278 g/mol. The number of hydrogen-bond acceptors (Lipinski definition) is 3. The van der Waals surface area contributed by atoms with Gasteiger partial charge in [0.25, 0.3) is 0 Å². The smallest absolute Gasteiger partial charge is 0.244 e. The number of aliphatic hydroxyl groups excluding tert-OH is 1. The SMILES string of the molecule is O=C(/C=C/c1cccc(Cl)c1)NC1(CO)CCOCC1. The Morgan fingerprint density at radius 2 is 2.20 bits per heavy atom. The van der Waals surface area contributed by atoms with Crippen LogP contribution in [-0.4, -0.2) is 36.4 Å². The van der Waals surface area contributed by atoms with E-state index >= 15 is 0 Å². The van der Waals surface area contributed by atoms with E-state index in [1.54, 1.807) is 18.2 Å². The molecule has 1 saturated heterocycles. The van der Waals surface area contributed by atoms with Gasteiger partial charge in [0.1, 0.15) is 0 Å². The van der Waals surface area contributed by atoms with Gasteiger partial charge in [0.2, 0.25) is 5.91 Å². The predicted molar refractivity (Wildman–Crippen MR) is 78.5 cm³/mol. The topological polar surface area (TPSA) is 58.6 Å². The molecular formula is C15H18ClNO3. The highest BCUT2D eigenvalue weighted by molar-refractivity contribution is 6.30. The van der Waals surface area contributed by atoms with Crippen LogP contribution in [0.5, 0.6) is 0 Å². The van der Waals surface area contributed by atoms with Crippen molar-refractivity contribution in [2.75, 3.05) is 19.8 Å². The van der Waals surface area contributed by atoms with Crippen molar-refractivity contribution in [1.82, 2.24) is 5.32 Å². The monoisotopic (exact) mass is 295 g/mol. The summed E-state index contributed by atoms with van der Waals surface area (Å²) in [7, 11) is 0. The first-order chi connectivity index (χ1) is 9.63. The Hall–Kier alpha value is -1.36. The standard InChI is InChI=1S/C15H18ClNO3/c16-13-3-1-2-12(10-13)4-5-14(19)17-15(11-18)6-8-20-9-7-15/h1-5,10,18H,6-9,11H2,(H,17,19)/b5-4+. The average Bonchev–Trinajstić information content (AvgIpc) is 2.46. The van der Waals surface area contributed by atoms with E-state index in [0.29, 0.717) is 31.1 Å². The summed E-state index contributed by atoms with van der Waals surface area (Å²) in [6.07, 6.45) is 4.41. The van der Waals surface area contributed by atoms with Crippen molar-refractivity contribution in [3.8, 4) is 0 Å². The number of amides is 1. The van der Waals surface area contributed by atoms with Gasteiger partial charge in [-0.1, -0.05) is 23.7 Å². The molecule has 1 aromatic rings. The van der Waals surface area contributed by atoms with E-state index in [0.717, 1.165) is 5.56 Å². The van der Waals surface area contributed by atoms with Crippen molar-refractivity contribution in [2.45, 2.75) is 18.4 Å². The summed E-state index contributed by atoms with van der Waals surface area (Å²) in [6, 6.07) is 7.25. The van der Waals surface area contributed by atoms with Gasteiger partial charge in [0, 0.05) is 24.3 Å². The van der Waals surface area contributed by atoms with Gasteiger partial charge in [-0.15, -0.1) is 0 Å². The van der Waals surface area contributed by atoms with Crippen molar-refractivity contribution in [3.05, 3.63) is 40.9 Å². The Balaban J connectivity index is 1.97. The van der Waals surface area contributed by atoms with Gasteiger partial charge in [0.15, 0.2) is 0 Å². The molecule has 2 rings (SSSR count). The number of benzene rings is 1. The lowest BCUT2D eigenvalue weighted by atomic mass is 9.91. The molecule has 0 aromatic heterocycles. The third kappa shape index (κ3) is 4.07. The summed E-state index contributed by atoms with van der Waals surface area (Å²) in [5.41, 5.74) is 0.297. The lowest BCUT2D eigenvalue weighted by Crippen LogP contribution is -2.54. The second-order valence-electron chi connectivity index (χ2n) is 4.93. The molecule has 1 fully saturated rings. The first-order valence-corrected chi connectivity index (χ1v) is 6.96. The van der Waals surface area contributed by atoms with E-state index in [1.165, 1.54) is 6.08 Å². The van der Waals surface area contributed by atoms with Crippen molar-refractivity contribution in [1.29, 1.82) is 0 Å². The van der Waals surface area contributed by atoms with Gasteiger partial charge < -0.3 is 15.2 Å².